The quantitative estimate of drug-likeness (QED) is 0.284. The number of unbranched alkanes of at least 4 members (excludes halogenated alkanes) is 5. The molecular formula is C30H39O4S-. The highest BCUT2D eigenvalue weighted by Gasteiger charge is 2.33. The smallest absolute Gasteiger partial charge is 0.178 e. The van der Waals surface area contributed by atoms with Crippen LogP contribution in [0.15, 0.2) is 41.3 Å². The predicted molar refractivity (Wildman–Crippen MR) is 142 cm³/mol. The van der Waals surface area contributed by atoms with E-state index < -0.39 is 15.8 Å². The summed E-state index contributed by atoms with van der Waals surface area (Å²) in [7, 11) is -3.31. The molecule has 3 rings (SSSR count). The molecule has 0 radical (unpaired) electrons. The van der Waals surface area contributed by atoms with E-state index in [1.54, 1.807) is 24.3 Å². The first-order valence-corrected chi connectivity index (χ1v) is 14.6. The van der Waals surface area contributed by atoms with Crippen molar-refractivity contribution < 1.29 is 18.3 Å². The number of rotatable bonds is 10. The second-order valence-corrected chi connectivity index (χ2v) is 12.6. The summed E-state index contributed by atoms with van der Waals surface area (Å²) in [5.74, 6) is -0.980. The molecule has 5 heteroatoms. The Kier molecular flexibility index (Phi) is 8.98. The zero-order valence-corrected chi connectivity index (χ0v) is 22.5. The molecule has 0 aromatic heterocycles. The lowest BCUT2D eigenvalue weighted by Crippen LogP contribution is -2.21. The maximum absolute atomic E-state index is 13.2. The number of aromatic carboxylic acids is 1. The Morgan fingerprint density at radius 3 is 2.34 bits per heavy atom. The van der Waals surface area contributed by atoms with Crippen LogP contribution in [-0.4, -0.2) is 20.1 Å². The molecule has 2 aromatic rings. The Labute approximate surface area is 211 Å². The van der Waals surface area contributed by atoms with Crippen molar-refractivity contribution in [3.63, 3.8) is 0 Å². The van der Waals surface area contributed by atoms with Gasteiger partial charge in [-0.1, -0.05) is 83.2 Å². The number of carbonyl (C=O) groups is 1. The molecule has 0 saturated carbocycles. The number of hydrogen-bond donors (Lipinski definition) is 0. The third-order valence-electron chi connectivity index (χ3n) is 7.24. The molecule has 0 amide bonds. The highest BCUT2D eigenvalue weighted by Crippen LogP contribution is 2.40. The van der Waals surface area contributed by atoms with Gasteiger partial charge in [0.2, 0.25) is 0 Å². The highest BCUT2D eigenvalue weighted by molar-refractivity contribution is 7.91. The molecule has 0 fully saturated rings. The number of carboxylic acids is 1. The van der Waals surface area contributed by atoms with E-state index in [1.807, 2.05) is 12.1 Å². The van der Waals surface area contributed by atoms with Crippen molar-refractivity contribution in [2.45, 2.75) is 95.8 Å². The first-order chi connectivity index (χ1) is 16.5. The van der Waals surface area contributed by atoms with Crippen molar-refractivity contribution in [3.8, 4) is 0 Å². The van der Waals surface area contributed by atoms with Crippen molar-refractivity contribution in [1.82, 2.24) is 0 Å². The predicted octanol–water partition coefficient (Wildman–Crippen LogP) is 6.36. The summed E-state index contributed by atoms with van der Waals surface area (Å²) in [6.45, 7) is 8.55. The van der Waals surface area contributed by atoms with Gasteiger partial charge in [-0.15, -0.1) is 0 Å². The second kappa shape index (κ2) is 11.6. The summed E-state index contributed by atoms with van der Waals surface area (Å²) in [5, 5.41) is 11.1. The minimum atomic E-state index is -3.31. The normalized spacial score (nSPS) is 17.0. The van der Waals surface area contributed by atoms with E-state index in [1.165, 1.54) is 25.7 Å². The summed E-state index contributed by atoms with van der Waals surface area (Å²) in [4.78, 5) is 11.6. The average molecular weight is 496 g/mol. The van der Waals surface area contributed by atoms with Gasteiger partial charge < -0.3 is 9.90 Å². The van der Waals surface area contributed by atoms with Crippen LogP contribution in [0.3, 0.4) is 0 Å². The van der Waals surface area contributed by atoms with Crippen LogP contribution in [0.2, 0.25) is 0 Å². The van der Waals surface area contributed by atoms with E-state index in [0.29, 0.717) is 11.3 Å². The molecule has 1 aliphatic heterocycles. The van der Waals surface area contributed by atoms with Crippen molar-refractivity contribution in [2.24, 2.45) is 0 Å². The number of carbonyl (C=O) groups excluding carboxylic acids is 1. The second-order valence-electron chi connectivity index (χ2n) is 10.6. The summed E-state index contributed by atoms with van der Waals surface area (Å²) >= 11 is 0. The zero-order valence-electron chi connectivity index (χ0n) is 21.7. The van der Waals surface area contributed by atoms with Crippen molar-refractivity contribution in [3.05, 3.63) is 64.2 Å². The number of benzene rings is 2. The lowest BCUT2D eigenvalue weighted by atomic mass is 9.78. The molecule has 1 heterocycles. The minimum Gasteiger partial charge on any atom is -0.545 e. The first-order valence-electron chi connectivity index (χ1n) is 13.0. The fourth-order valence-electron chi connectivity index (χ4n) is 5.07. The van der Waals surface area contributed by atoms with Gasteiger partial charge in [0.1, 0.15) is 0 Å². The van der Waals surface area contributed by atoms with Crippen LogP contribution >= 0.6 is 0 Å². The number of carboxylic acid groups (broad SMARTS) is 1. The van der Waals surface area contributed by atoms with Gasteiger partial charge in [-0.05, 0) is 83.5 Å². The molecule has 0 saturated heterocycles. The molecule has 0 N–H and O–H groups in total. The third kappa shape index (κ3) is 6.84. The van der Waals surface area contributed by atoms with Crippen LogP contribution in [0, 0.1) is 0 Å². The van der Waals surface area contributed by atoms with Gasteiger partial charge in [-0.25, -0.2) is 8.42 Å². The monoisotopic (exact) mass is 495 g/mol. The minimum absolute atomic E-state index is 0.153. The fourth-order valence-corrected chi connectivity index (χ4v) is 6.81. The number of allylic oxidation sites excluding steroid dienone is 1. The van der Waals surface area contributed by atoms with Gasteiger partial charge in [-0.3, -0.25) is 0 Å². The topological polar surface area (TPSA) is 74.3 Å². The number of aryl methyl sites for hydroxylation is 1. The molecule has 0 spiro atoms. The van der Waals surface area contributed by atoms with E-state index in [2.05, 4.69) is 33.8 Å². The van der Waals surface area contributed by atoms with E-state index in [4.69, 9.17) is 0 Å². The number of hydrogen-bond acceptors (Lipinski definition) is 4. The zero-order chi connectivity index (χ0) is 25.6. The van der Waals surface area contributed by atoms with E-state index in [-0.39, 0.29) is 16.7 Å². The Balaban J connectivity index is 2.03. The van der Waals surface area contributed by atoms with Gasteiger partial charge in [0.05, 0.1) is 16.6 Å². The van der Waals surface area contributed by atoms with Crippen molar-refractivity contribution >= 4 is 27.5 Å². The maximum atomic E-state index is 13.2. The molecule has 35 heavy (non-hydrogen) atoms. The van der Waals surface area contributed by atoms with Gasteiger partial charge in [0.25, 0.3) is 0 Å². The molecule has 0 aliphatic carbocycles. The van der Waals surface area contributed by atoms with E-state index >= 15 is 0 Å². The van der Waals surface area contributed by atoms with Crippen LogP contribution in [0.5, 0.6) is 0 Å². The Morgan fingerprint density at radius 1 is 1.03 bits per heavy atom. The lowest BCUT2D eigenvalue weighted by molar-refractivity contribution is -0.255. The molecule has 4 nitrogen and oxygen atoms in total. The van der Waals surface area contributed by atoms with Crippen molar-refractivity contribution in [1.29, 1.82) is 0 Å². The van der Waals surface area contributed by atoms with E-state index in [0.717, 1.165) is 53.5 Å². The molecule has 1 aliphatic rings. The van der Waals surface area contributed by atoms with Gasteiger partial charge in [0.15, 0.2) is 9.84 Å². The SMILES string of the molecule is CCCCCCCCc1cc2c(cc1/C(C)=C/c1ccc(C(=O)[O-])cc1)C(C)(C)CCCS2(=O)=O. The Morgan fingerprint density at radius 2 is 1.69 bits per heavy atom. The van der Waals surface area contributed by atoms with Gasteiger partial charge in [0, 0.05) is 0 Å². The standard InChI is InChI=1S/C30H40O4S/c1-5-6-7-8-9-10-12-25-20-28-27(30(3,4)17-11-18-35(28,33)34)21-26(25)22(2)19-23-13-15-24(16-14-23)29(31)32/h13-16,19-21H,5-12,17-18H2,1-4H3,(H,31,32)/p-1/b22-19+. The summed E-state index contributed by atoms with van der Waals surface area (Å²) in [6.07, 6.45) is 11.5. The summed E-state index contributed by atoms with van der Waals surface area (Å²) < 4.78 is 26.3. The first kappa shape index (κ1) is 27.2. The number of sulfone groups is 1. The van der Waals surface area contributed by atoms with Crippen LogP contribution in [-0.2, 0) is 21.7 Å². The van der Waals surface area contributed by atoms with Crippen LogP contribution in [0.25, 0.3) is 11.6 Å². The molecule has 2 aromatic carbocycles. The molecule has 0 bridgehead atoms. The molecule has 0 unspecified atom stereocenters. The molecule has 190 valence electrons. The highest BCUT2D eigenvalue weighted by atomic mass is 32.2. The Bertz CT molecular complexity index is 1170. The Hall–Kier alpha value is -2.40. The number of fused-ring (bicyclic) bond motifs is 1. The largest absolute Gasteiger partial charge is 0.545 e. The van der Waals surface area contributed by atoms with Crippen LogP contribution in [0.1, 0.15) is 112 Å². The molecule has 0 atom stereocenters. The third-order valence-corrected chi connectivity index (χ3v) is 9.07. The summed E-state index contributed by atoms with van der Waals surface area (Å²) in [6, 6.07) is 10.7. The van der Waals surface area contributed by atoms with Crippen molar-refractivity contribution in [2.75, 3.05) is 5.75 Å². The lowest BCUT2D eigenvalue weighted by Gasteiger charge is -2.27. The maximum Gasteiger partial charge on any atom is 0.178 e. The van der Waals surface area contributed by atoms with Gasteiger partial charge in [-0.2, -0.15) is 0 Å². The fraction of sp³-hybridized carbons (Fsp3) is 0.500. The van der Waals surface area contributed by atoms with Crippen LogP contribution in [0.4, 0.5) is 0 Å². The van der Waals surface area contributed by atoms with E-state index in [9.17, 15) is 18.3 Å². The van der Waals surface area contributed by atoms with Crippen LogP contribution < -0.4 is 5.11 Å². The summed E-state index contributed by atoms with van der Waals surface area (Å²) in [5.41, 5.74) is 4.97. The average Bonchev–Trinajstić information content (AvgIpc) is 2.89. The van der Waals surface area contributed by atoms with Gasteiger partial charge >= 0.3 is 0 Å². The molecular weight excluding hydrogens is 456 g/mol.